The average Bonchev–Trinajstić information content (AvgIpc) is 2.54. The predicted molar refractivity (Wildman–Crippen MR) is 102 cm³/mol. The summed E-state index contributed by atoms with van der Waals surface area (Å²) in [4.78, 5) is 11.8. The first-order valence-corrected chi connectivity index (χ1v) is 8.96. The first kappa shape index (κ1) is 21.4. The Morgan fingerprint density at radius 2 is 2.21 bits per heavy atom. The molecule has 2 N–H and O–H groups in total. The van der Waals surface area contributed by atoms with Gasteiger partial charge in [-0.1, -0.05) is 23.2 Å². The summed E-state index contributed by atoms with van der Waals surface area (Å²) in [5, 5.41) is 7.44. The summed E-state index contributed by atoms with van der Waals surface area (Å²) in [5.41, 5.74) is 0. The van der Waals surface area contributed by atoms with Gasteiger partial charge in [0.15, 0.2) is 0 Å². The van der Waals surface area contributed by atoms with Crippen LogP contribution in [0.4, 0.5) is 0 Å². The van der Waals surface area contributed by atoms with E-state index in [1.165, 1.54) is 12.8 Å². The number of ether oxygens (including phenoxy) is 1. The van der Waals surface area contributed by atoms with Crippen LogP contribution < -0.4 is 15.4 Å². The van der Waals surface area contributed by atoms with Gasteiger partial charge in [-0.05, 0) is 62.9 Å². The van der Waals surface area contributed by atoms with Gasteiger partial charge < -0.3 is 15.4 Å². The van der Waals surface area contributed by atoms with Crippen molar-refractivity contribution in [3.63, 3.8) is 0 Å². The highest BCUT2D eigenvalue weighted by Crippen LogP contribution is 2.27. The molecule has 7 heteroatoms. The highest BCUT2D eigenvalue weighted by molar-refractivity contribution is 6.35. The highest BCUT2D eigenvalue weighted by Gasteiger charge is 2.12. The van der Waals surface area contributed by atoms with Crippen LogP contribution in [0.15, 0.2) is 18.2 Å². The Balaban J connectivity index is 0.00000288. The van der Waals surface area contributed by atoms with E-state index in [1.54, 1.807) is 18.2 Å². The van der Waals surface area contributed by atoms with Crippen molar-refractivity contribution in [1.29, 1.82) is 0 Å². The minimum Gasteiger partial charge on any atom is -0.492 e. The molecule has 1 aliphatic rings. The molecule has 136 valence electrons. The van der Waals surface area contributed by atoms with Gasteiger partial charge in [0.2, 0.25) is 5.91 Å². The topological polar surface area (TPSA) is 50.4 Å². The van der Waals surface area contributed by atoms with Gasteiger partial charge in [0.1, 0.15) is 5.75 Å². The van der Waals surface area contributed by atoms with Crippen molar-refractivity contribution < 1.29 is 9.53 Å². The summed E-state index contributed by atoms with van der Waals surface area (Å²) in [7, 11) is 0. The molecule has 1 aromatic rings. The number of hydrogen-bond donors (Lipinski definition) is 2. The number of carbonyl (C=O) groups is 1. The standard InChI is InChI=1S/C17H24Cl2N2O2.ClH/c18-14-5-6-16(15(19)11-14)23-10-2-4-17(22)21-9-7-13-3-1-8-20-12-13;/h5-6,11,13,20H,1-4,7-10,12H2,(H,21,22);1H. The van der Waals surface area contributed by atoms with Gasteiger partial charge in [0.05, 0.1) is 11.6 Å². The van der Waals surface area contributed by atoms with Crippen molar-refractivity contribution in [2.24, 2.45) is 5.92 Å². The van der Waals surface area contributed by atoms with E-state index in [1.807, 2.05) is 0 Å². The zero-order chi connectivity index (χ0) is 16.5. The largest absolute Gasteiger partial charge is 0.492 e. The molecular formula is C17H25Cl3N2O2. The lowest BCUT2D eigenvalue weighted by Crippen LogP contribution is -2.33. The number of benzene rings is 1. The smallest absolute Gasteiger partial charge is 0.220 e. The van der Waals surface area contributed by atoms with Crippen LogP contribution in [0.25, 0.3) is 0 Å². The van der Waals surface area contributed by atoms with Crippen molar-refractivity contribution >= 4 is 41.5 Å². The Labute approximate surface area is 160 Å². The maximum absolute atomic E-state index is 11.8. The second kappa shape index (κ2) is 11.8. The van der Waals surface area contributed by atoms with Crippen LogP contribution in [0.2, 0.25) is 10.0 Å². The molecule has 0 bridgehead atoms. The van der Waals surface area contributed by atoms with E-state index < -0.39 is 0 Å². The zero-order valence-corrected chi connectivity index (χ0v) is 16.0. The zero-order valence-electron chi connectivity index (χ0n) is 13.7. The minimum absolute atomic E-state index is 0. The van der Waals surface area contributed by atoms with Crippen molar-refractivity contribution in [1.82, 2.24) is 10.6 Å². The molecular weight excluding hydrogens is 371 g/mol. The highest BCUT2D eigenvalue weighted by atomic mass is 35.5. The second-order valence-corrected chi connectivity index (χ2v) is 6.72. The molecule has 1 amide bonds. The lowest BCUT2D eigenvalue weighted by atomic mass is 9.96. The Bertz CT molecular complexity index is 509. The molecule has 0 aliphatic carbocycles. The van der Waals surface area contributed by atoms with Gasteiger partial charge in [-0.15, -0.1) is 12.4 Å². The molecule has 1 saturated heterocycles. The molecule has 24 heavy (non-hydrogen) atoms. The summed E-state index contributed by atoms with van der Waals surface area (Å²) >= 11 is 11.8. The monoisotopic (exact) mass is 394 g/mol. The van der Waals surface area contributed by atoms with Crippen molar-refractivity contribution in [2.75, 3.05) is 26.2 Å². The van der Waals surface area contributed by atoms with E-state index in [4.69, 9.17) is 27.9 Å². The van der Waals surface area contributed by atoms with E-state index >= 15 is 0 Å². The van der Waals surface area contributed by atoms with Crippen molar-refractivity contribution in [2.45, 2.75) is 32.1 Å². The normalized spacial score (nSPS) is 17.0. The van der Waals surface area contributed by atoms with E-state index in [0.29, 0.717) is 41.2 Å². The van der Waals surface area contributed by atoms with E-state index in [0.717, 1.165) is 26.1 Å². The molecule has 1 aromatic carbocycles. The third-order valence-corrected chi connectivity index (χ3v) is 4.50. The molecule has 1 fully saturated rings. The molecule has 0 radical (unpaired) electrons. The first-order chi connectivity index (χ1) is 11.1. The fourth-order valence-corrected chi connectivity index (χ4v) is 3.14. The molecule has 0 aromatic heterocycles. The maximum atomic E-state index is 11.8. The van der Waals surface area contributed by atoms with Crippen LogP contribution in [-0.4, -0.2) is 32.1 Å². The van der Waals surface area contributed by atoms with Crippen LogP contribution in [0.1, 0.15) is 32.1 Å². The third-order valence-electron chi connectivity index (χ3n) is 3.97. The van der Waals surface area contributed by atoms with Crippen molar-refractivity contribution in [3.05, 3.63) is 28.2 Å². The van der Waals surface area contributed by atoms with Gasteiger partial charge in [0, 0.05) is 18.0 Å². The van der Waals surface area contributed by atoms with Crippen LogP contribution >= 0.6 is 35.6 Å². The summed E-state index contributed by atoms with van der Waals surface area (Å²) < 4.78 is 5.56. The summed E-state index contributed by atoms with van der Waals surface area (Å²) in [5.74, 6) is 1.38. The lowest BCUT2D eigenvalue weighted by Gasteiger charge is -2.22. The molecule has 1 aliphatic heterocycles. The SMILES string of the molecule is Cl.O=C(CCCOc1ccc(Cl)cc1Cl)NCCC1CCCNC1. The molecule has 2 rings (SSSR count). The number of piperidine rings is 1. The lowest BCUT2D eigenvalue weighted by molar-refractivity contribution is -0.121. The third kappa shape index (κ3) is 7.93. The van der Waals surface area contributed by atoms with Gasteiger partial charge >= 0.3 is 0 Å². The van der Waals surface area contributed by atoms with Gasteiger partial charge in [-0.25, -0.2) is 0 Å². The summed E-state index contributed by atoms with van der Waals surface area (Å²) in [6, 6.07) is 5.11. The number of rotatable bonds is 8. The molecule has 0 saturated carbocycles. The number of amides is 1. The molecule has 1 unspecified atom stereocenters. The quantitative estimate of drug-likeness (QED) is 0.652. The fourth-order valence-electron chi connectivity index (χ4n) is 2.68. The second-order valence-electron chi connectivity index (χ2n) is 5.88. The van der Waals surface area contributed by atoms with Gasteiger partial charge in [0.25, 0.3) is 0 Å². The summed E-state index contributed by atoms with van der Waals surface area (Å²) in [6.45, 7) is 3.42. The Morgan fingerprint density at radius 3 is 2.92 bits per heavy atom. The van der Waals surface area contributed by atoms with Crippen LogP contribution in [0.5, 0.6) is 5.75 Å². The number of carbonyl (C=O) groups excluding carboxylic acids is 1. The predicted octanol–water partition coefficient (Wildman–Crippen LogP) is 4.08. The van der Waals surface area contributed by atoms with E-state index in [-0.39, 0.29) is 18.3 Å². The number of halogens is 3. The Hall–Kier alpha value is -0.680. The molecule has 0 spiro atoms. The molecule has 4 nitrogen and oxygen atoms in total. The Morgan fingerprint density at radius 1 is 1.38 bits per heavy atom. The maximum Gasteiger partial charge on any atom is 0.220 e. The Kier molecular flexibility index (Phi) is 10.5. The van der Waals surface area contributed by atoms with Crippen LogP contribution in [0.3, 0.4) is 0 Å². The number of hydrogen-bond acceptors (Lipinski definition) is 3. The van der Waals surface area contributed by atoms with E-state index in [2.05, 4.69) is 10.6 Å². The van der Waals surface area contributed by atoms with Gasteiger partial charge in [-0.3, -0.25) is 4.79 Å². The molecule has 1 atom stereocenters. The first-order valence-electron chi connectivity index (χ1n) is 8.20. The summed E-state index contributed by atoms with van der Waals surface area (Å²) in [6.07, 6.45) is 4.68. The average molecular weight is 396 g/mol. The fraction of sp³-hybridized carbons (Fsp3) is 0.588. The minimum atomic E-state index is 0. The van der Waals surface area contributed by atoms with E-state index in [9.17, 15) is 4.79 Å². The molecule has 1 heterocycles. The van der Waals surface area contributed by atoms with Crippen LogP contribution in [-0.2, 0) is 4.79 Å². The van der Waals surface area contributed by atoms with Crippen LogP contribution in [0, 0.1) is 5.92 Å². The van der Waals surface area contributed by atoms with Crippen molar-refractivity contribution in [3.8, 4) is 5.75 Å². The van der Waals surface area contributed by atoms with Gasteiger partial charge in [-0.2, -0.15) is 0 Å². The number of nitrogens with one attached hydrogen (secondary N) is 2.